The number of thiophene rings is 1. The molecule has 1 saturated carbocycles. The quantitative estimate of drug-likeness (QED) is 0.351. The number of carbonyl (C=O) groups is 4. The van der Waals surface area contributed by atoms with Crippen molar-refractivity contribution in [1.29, 1.82) is 0 Å². The zero-order valence-corrected chi connectivity index (χ0v) is 19.7. The number of hydrogen-bond donors (Lipinski definition) is 5. The van der Waals surface area contributed by atoms with Gasteiger partial charge in [0.25, 0.3) is 5.91 Å². The number of nitrogens with one attached hydrogen (secondary N) is 4. The molecular formula is C24H30N4O5S. The van der Waals surface area contributed by atoms with Crippen molar-refractivity contribution < 1.29 is 24.3 Å². The fourth-order valence-corrected chi connectivity index (χ4v) is 4.81. The van der Waals surface area contributed by atoms with Crippen LogP contribution in [0.25, 0.3) is 0 Å². The van der Waals surface area contributed by atoms with Gasteiger partial charge < -0.3 is 21.1 Å². The molecule has 34 heavy (non-hydrogen) atoms. The molecule has 3 rings (SSSR count). The van der Waals surface area contributed by atoms with Gasteiger partial charge in [-0.25, -0.2) is 4.79 Å². The van der Waals surface area contributed by atoms with E-state index in [0.717, 1.165) is 49.0 Å². The SMILES string of the molecule is O=C(CNC(=O)c1ccc(NC(=O)NCc2ccccc2)s1)NCC(C(=O)O)C1CCCCC1. The van der Waals surface area contributed by atoms with E-state index in [4.69, 9.17) is 0 Å². The van der Waals surface area contributed by atoms with Gasteiger partial charge in [-0.3, -0.25) is 19.7 Å². The Bertz CT molecular complexity index is 988. The Kier molecular flexibility index (Phi) is 9.45. The second-order valence-electron chi connectivity index (χ2n) is 8.29. The molecule has 1 fully saturated rings. The average Bonchev–Trinajstić information content (AvgIpc) is 3.31. The standard InChI is InChI=1S/C24H30N4O5S/c29-20(25-14-18(23(31)32)17-9-5-2-6-10-17)15-26-22(30)19-11-12-21(34-19)28-24(33)27-13-16-7-3-1-4-8-16/h1,3-4,7-8,11-12,17-18H,2,5-6,9-10,13-15H2,(H,25,29)(H,26,30)(H,31,32)(H2,27,28,33). The number of carboxylic acids is 1. The molecular weight excluding hydrogens is 456 g/mol. The first kappa shape index (κ1) is 25.2. The summed E-state index contributed by atoms with van der Waals surface area (Å²) in [5.41, 5.74) is 0.968. The van der Waals surface area contributed by atoms with Gasteiger partial charge in [-0.1, -0.05) is 49.6 Å². The van der Waals surface area contributed by atoms with Crippen LogP contribution in [0, 0.1) is 11.8 Å². The summed E-state index contributed by atoms with van der Waals surface area (Å²) in [4.78, 5) is 48.5. The highest BCUT2D eigenvalue weighted by atomic mass is 32.1. The molecule has 1 aliphatic carbocycles. The lowest BCUT2D eigenvalue weighted by Crippen LogP contribution is -2.42. The Hall–Kier alpha value is -3.40. The van der Waals surface area contributed by atoms with Crippen LogP contribution in [0.15, 0.2) is 42.5 Å². The van der Waals surface area contributed by atoms with Gasteiger partial charge in [-0.05, 0) is 36.5 Å². The van der Waals surface area contributed by atoms with Gasteiger partial charge >= 0.3 is 12.0 Å². The van der Waals surface area contributed by atoms with Crippen molar-refractivity contribution in [3.63, 3.8) is 0 Å². The molecule has 0 aliphatic heterocycles. The monoisotopic (exact) mass is 486 g/mol. The predicted octanol–water partition coefficient (Wildman–Crippen LogP) is 3.20. The summed E-state index contributed by atoms with van der Waals surface area (Å²) in [5.74, 6) is -2.32. The van der Waals surface area contributed by atoms with Crippen LogP contribution >= 0.6 is 11.3 Å². The van der Waals surface area contributed by atoms with Crippen LogP contribution in [0.3, 0.4) is 0 Å². The van der Waals surface area contributed by atoms with Crippen LogP contribution in [-0.4, -0.2) is 42.0 Å². The summed E-state index contributed by atoms with van der Waals surface area (Å²) in [6.07, 6.45) is 4.89. The lowest BCUT2D eigenvalue weighted by atomic mass is 9.80. The summed E-state index contributed by atoms with van der Waals surface area (Å²) in [6.45, 7) is 0.178. The number of amides is 4. The van der Waals surface area contributed by atoms with Gasteiger partial charge in [0.2, 0.25) is 5.91 Å². The number of carbonyl (C=O) groups excluding carboxylic acids is 3. The first-order valence-electron chi connectivity index (χ1n) is 11.4. The van der Waals surface area contributed by atoms with Crippen molar-refractivity contribution in [1.82, 2.24) is 16.0 Å². The summed E-state index contributed by atoms with van der Waals surface area (Å²) < 4.78 is 0. The third-order valence-corrected chi connectivity index (χ3v) is 6.83. The van der Waals surface area contributed by atoms with E-state index in [-0.39, 0.29) is 25.0 Å². The van der Waals surface area contributed by atoms with Gasteiger partial charge in [0.1, 0.15) is 0 Å². The van der Waals surface area contributed by atoms with Crippen molar-refractivity contribution in [2.45, 2.75) is 38.6 Å². The van der Waals surface area contributed by atoms with Crippen LogP contribution in [0.5, 0.6) is 0 Å². The van der Waals surface area contributed by atoms with Crippen molar-refractivity contribution in [2.75, 3.05) is 18.4 Å². The minimum Gasteiger partial charge on any atom is -0.481 e. The van der Waals surface area contributed by atoms with Gasteiger partial charge in [0.15, 0.2) is 0 Å². The Labute approximate surface area is 202 Å². The summed E-state index contributed by atoms with van der Waals surface area (Å²) in [7, 11) is 0. The minimum atomic E-state index is -0.900. The molecule has 0 radical (unpaired) electrons. The number of anilines is 1. The normalized spacial score (nSPS) is 14.6. The zero-order valence-electron chi connectivity index (χ0n) is 18.8. The summed E-state index contributed by atoms with van der Waals surface area (Å²) >= 11 is 1.09. The van der Waals surface area contributed by atoms with Crippen LogP contribution in [-0.2, 0) is 16.1 Å². The fraction of sp³-hybridized carbons (Fsp3) is 0.417. The molecule has 10 heteroatoms. The largest absolute Gasteiger partial charge is 0.481 e. The molecule has 0 spiro atoms. The fourth-order valence-electron chi connectivity index (χ4n) is 3.99. The minimum absolute atomic E-state index is 0.0554. The highest BCUT2D eigenvalue weighted by molar-refractivity contribution is 7.18. The van der Waals surface area contributed by atoms with E-state index < -0.39 is 23.7 Å². The van der Waals surface area contributed by atoms with Crippen LogP contribution in [0.4, 0.5) is 9.80 Å². The zero-order chi connectivity index (χ0) is 24.3. The molecule has 1 atom stereocenters. The first-order valence-corrected chi connectivity index (χ1v) is 12.2. The predicted molar refractivity (Wildman–Crippen MR) is 130 cm³/mol. The topological polar surface area (TPSA) is 137 Å². The van der Waals surface area contributed by atoms with Gasteiger partial charge in [0.05, 0.1) is 22.3 Å². The van der Waals surface area contributed by atoms with Gasteiger partial charge in [-0.2, -0.15) is 0 Å². The number of carboxylic acid groups (broad SMARTS) is 1. The van der Waals surface area contributed by atoms with E-state index in [0.29, 0.717) is 16.4 Å². The highest BCUT2D eigenvalue weighted by Crippen LogP contribution is 2.30. The van der Waals surface area contributed by atoms with Crippen molar-refractivity contribution in [3.05, 3.63) is 52.9 Å². The highest BCUT2D eigenvalue weighted by Gasteiger charge is 2.29. The molecule has 1 unspecified atom stereocenters. The molecule has 1 aromatic carbocycles. The van der Waals surface area contributed by atoms with Crippen LogP contribution < -0.4 is 21.3 Å². The Balaban J connectivity index is 1.39. The van der Waals surface area contributed by atoms with Crippen LogP contribution in [0.1, 0.15) is 47.3 Å². The number of aliphatic carboxylic acids is 1. The summed E-state index contributed by atoms with van der Waals surface area (Å²) in [6, 6.07) is 12.3. The summed E-state index contributed by atoms with van der Waals surface area (Å²) in [5, 5.41) is 20.6. The Morgan fingerprint density at radius 1 is 0.941 bits per heavy atom. The van der Waals surface area contributed by atoms with E-state index in [1.807, 2.05) is 30.3 Å². The maximum atomic E-state index is 12.3. The van der Waals surface area contributed by atoms with E-state index in [1.54, 1.807) is 12.1 Å². The lowest BCUT2D eigenvalue weighted by Gasteiger charge is -2.27. The molecule has 0 bridgehead atoms. The maximum absolute atomic E-state index is 12.3. The molecule has 5 N–H and O–H groups in total. The number of urea groups is 1. The molecule has 0 saturated heterocycles. The van der Waals surface area contributed by atoms with Crippen molar-refractivity contribution in [3.8, 4) is 0 Å². The number of benzene rings is 1. The van der Waals surface area contributed by atoms with E-state index >= 15 is 0 Å². The molecule has 1 aromatic heterocycles. The third kappa shape index (κ3) is 7.87. The molecule has 9 nitrogen and oxygen atoms in total. The second kappa shape index (κ2) is 12.7. The lowest BCUT2D eigenvalue weighted by molar-refractivity contribution is -0.144. The molecule has 4 amide bonds. The van der Waals surface area contributed by atoms with E-state index in [2.05, 4.69) is 21.3 Å². The molecule has 1 aliphatic rings. The maximum Gasteiger partial charge on any atom is 0.320 e. The van der Waals surface area contributed by atoms with Crippen molar-refractivity contribution >= 4 is 40.2 Å². The van der Waals surface area contributed by atoms with E-state index in [9.17, 15) is 24.3 Å². The number of rotatable bonds is 10. The Morgan fingerprint density at radius 2 is 1.68 bits per heavy atom. The smallest absolute Gasteiger partial charge is 0.320 e. The number of hydrogen-bond acceptors (Lipinski definition) is 5. The second-order valence-corrected chi connectivity index (χ2v) is 9.37. The van der Waals surface area contributed by atoms with Crippen LogP contribution in [0.2, 0.25) is 0 Å². The molecule has 2 aromatic rings. The molecule has 1 heterocycles. The Morgan fingerprint density at radius 3 is 2.38 bits per heavy atom. The molecule has 182 valence electrons. The first-order chi connectivity index (χ1) is 16.4. The van der Waals surface area contributed by atoms with Gasteiger partial charge in [-0.15, -0.1) is 11.3 Å². The van der Waals surface area contributed by atoms with E-state index in [1.165, 1.54) is 0 Å². The van der Waals surface area contributed by atoms with Gasteiger partial charge in [0, 0.05) is 13.1 Å². The average molecular weight is 487 g/mol. The third-order valence-electron chi connectivity index (χ3n) is 5.83. The van der Waals surface area contributed by atoms with Crippen molar-refractivity contribution in [2.24, 2.45) is 11.8 Å².